The lowest BCUT2D eigenvalue weighted by molar-refractivity contribution is 0.483. The molecule has 0 saturated heterocycles. The van der Waals surface area contributed by atoms with Crippen LogP contribution in [-0.2, 0) is 12.8 Å². The lowest BCUT2D eigenvalue weighted by Crippen LogP contribution is -1.93. The molecule has 2 N–H and O–H groups in total. The van der Waals surface area contributed by atoms with Gasteiger partial charge in [0.1, 0.15) is 5.52 Å². The van der Waals surface area contributed by atoms with Gasteiger partial charge in [-0.05, 0) is 30.0 Å². The maximum absolute atomic E-state index is 6.00. The number of aromatic nitrogens is 1. The second-order valence-electron chi connectivity index (χ2n) is 4.99. The van der Waals surface area contributed by atoms with Gasteiger partial charge in [-0.2, -0.15) is 0 Å². The molecule has 0 aliphatic rings. The molecule has 2 rings (SSSR count). The molecule has 92 valence electrons. The van der Waals surface area contributed by atoms with Gasteiger partial charge in [0.2, 0.25) is 0 Å². The fourth-order valence-corrected chi connectivity index (χ4v) is 2.03. The van der Waals surface area contributed by atoms with Crippen LogP contribution in [0.3, 0.4) is 0 Å². The van der Waals surface area contributed by atoms with Gasteiger partial charge in [-0.3, -0.25) is 0 Å². The van der Waals surface area contributed by atoms with Crippen LogP contribution in [-0.4, -0.2) is 4.98 Å². The highest BCUT2D eigenvalue weighted by atomic mass is 16.3. The molecule has 3 nitrogen and oxygen atoms in total. The summed E-state index contributed by atoms with van der Waals surface area (Å²) in [6, 6.07) is 4.08. The van der Waals surface area contributed by atoms with Crippen LogP contribution < -0.4 is 5.73 Å². The second-order valence-corrected chi connectivity index (χ2v) is 4.99. The van der Waals surface area contributed by atoms with Crippen LogP contribution in [0, 0.1) is 5.92 Å². The predicted octanol–water partition coefficient (Wildman–Crippen LogP) is 3.56. The number of aryl methyl sites for hydroxylation is 1. The fraction of sp³-hybridized carbons (Fsp3) is 0.500. The zero-order valence-corrected chi connectivity index (χ0v) is 10.8. The first-order valence-corrected chi connectivity index (χ1v) is 6.28. The molecule has 0 bridgehead atoms. The van der Waals surface area contributed by atoms with E-state index in [-0.39, 0.29) is 0 Å². The second kappa shape index (κ2) is 4.78. The van der Waals surface area contributed by atoms with Crippen LogP contribution in [0.5, 0.6) is 0 Å². The Balaban J connectivity index is 2.41. The van der Waals surface area contributed by atoms with E-state index in [0.717, 1.165) is 36.3 Å². The Morgan fingerprint density at radius 2 is 2.12 bits per heavy atom. The summed E-state index contributed by atoms with van der Waals surface area (Å²) in [6.07, 6.45) is 3.01. The fourth-order valence-electron chi connectivity index (χ4n) is 2.03. The molecule has 17 heavy (non-hydrogen) atoms. The standard InChI is InChI=1S/C14H20N2O/c1-4-5-10-7-11(15)14-12(8-10)16-13(17-14)6-9(2)3/h7-9H,4-6,15H2,1-3H3. The zero-order chi connectivity index (χ0) is 12.4. The number of nitrogens with zero attached hydrogens (tertiary/aromatic N) is 1. The molecule has 0 fully saturated rings. The smallest absolute Gasteiger partial charge is 0.195 e. The van der Waals surface area contributed by atoms with Gasteiger partial charge in [0, 0.05) is 6.42 Å². The van der Waals surface area contributed by atoms with Crippen molar-refractivity contribution < 1.29 is 4.42 Å². The summed E-state index contributed by atoms with van der Waals surface area (Å²) in [5.74, 6) is 1.33. The highest BCUT2D eigenvalue weighted by Gasteiger charge is 2.11. The highest BCUT2D eigenvalue weighted by Crippen LogP contribution is 2.25. The lowest BCUT2D eigenvalue weighted by atomic mass is 10.1. The molecule has 0 aliphatic heterocycles. The lowest BCUT2D eigenvalue weighted by Gasteiger charge is -2.00. The van der Waals surface area contributed by atoms with E-state index in [2.05, 4.69) is 31.8 Å². The Kier molecular flexibility index (Phi) is 3.36. The Morgan fingerprint density at radius 3 is 2.76 bits per heavy atom. The number of fused-ring (bicyclic) bond motifs is 1. The molecule has 1 aromatic carbocycles. The van der Waals surface area contributed by atoms with E-state index in [4.69, 9.17) is 10.2 Å². The van der Waals surface area contributed by atoms with Crippen molar-refractivity contribution in [2.45, 2.75) is 40.0 Å². The molecule has 3 heteroatoms. The van der Waals surface area contributed by atoms with Crippen LogP contribution in [0.2, 0.25) is 0 Å². The number of benzene rings is 1. The first-order valence-electron chi connectivity index (χ1n) is 6.28. The van der Waals surface area contributed by atoms with E-state index in [0.29, 0.717) is 11.6 Å². The van der Waals surface area contributed by atoms with Crippen LogP contribution >= 0.6 is 0 Å². The van der Waals surface area contributed by atoms with Crippen molar-refractivity contribution >= 4 is 16.8 Å². The zero-order valence-electron chi connectivity index (χ0n) is 10.8. The van der Waals surface area contributed by atoms with Crippen molar-refractivity contribution in [3.63, 3.8) is 0 Å². The van der Waals surface area contributed by atoms with E-state index in [1.54, 1.807) is 0 Å². The molecule has 0 saturated carbocycles. The van der Waals surface area contributed by atoms with Gasteiger partial charge in [0.05, 0.1) is 5.69 Å². The van der Waals surface area contributed by atoms with Gasteiger partial charge in [0.25, 0.3) is 0 Å². The summed E-state index contributed by atoms with van der Waals surface area (Å²) in [7, 11) is 0. The first-order chi connectivity index (χ1) is 8.10. The van der Waals surface area contributed by atoms with Crippen molar-refractivity contribution in [1.29, 1.82) is 0 Å². The Morgan fingerprint density at radius 1 is 1.35 bits per heavy atom. The number of hydrogen-bond donors (Lipinski definition) is 1. The first kappa shape index (κ1) is 12.0. The molecule has 1 aromatic heterocycles. The SMILES string of the molecule is CCCc1cc(N)c2oc(CC(C)C)nc2c1. The summed E-state index contributed by atoms with van der Waals surface area (Å²) in [5, 5.41) is 0. The van der Waals surface area contributed by atoms with Crippen molar-refractivity contribution in [2.24, 2.45) is 5.92 Å². The van der Waals surface area contributed by atoms with Gasteiger partial charge in [-0.15, -0.1) is 0 Å². The average molecular weight is 232 g/mol. The summed E-state index contributed by atoms with van der Waals surface area (Å²) in [6.45, 7) is 6.47. The monoisotopic (exact) mass is 232 g/mol. The number of nitrogen functional groups attached to an aromatic ring is 1. The summed E-state index contributed by atoms with van der Waals surface area (Å²) in [5.41, 5.74) is 9.57. The van der Waals surface area contributed by atoms with Crippen molar-refractivity contribution in [3.05, 3.63) is 23.6 Å². The molecule has 0 spiro atoms. The molecule has 0 aliphatic carbocycles. The molecule has 0 radical (unpaired) electrons. The van der Waals surface area contributed by atoms with Gasteiger partial charge in [-0.25, -0.2) is 4.98 Å². The van der Waals surface area contributed by atoms with E-state index >= 15 is 0 Å². The number of oxazole rings is 1. The van der Waals surface area contributed by atoms with Crippen molar-refractivity contribution in [2.75, 3.05) is 5.73 Å². The Hall–Kier alpha value is -1.51. The van der Waals surface area contributed by atoms with E-state index in [1.165, 1.54) is 5.56 Å². The van der Waals surface area contributed by atoms with E-state index in [1.807, 2.05) is 6.07 Å². The van der Waals surface area contributed by atoms with Gasteiger partial charge < -0.3 is 10.2 Å². The van der Waals surface area contributed by atoms with Gasteiger partial charge in [0.15, 0.2) is 11.5 Å². The molecule has 2 aromatic rings. The largest absolute Gasteiger partial charge is 0.439 e. The quantitative estimate of drug-likeness (QED) is 0.820. The van der Waals surface area contributed by atoms with Crippen molar-refractivity contribution in [1.82, 2.24) is 4.98 Å². The van der Waals surface area contributed by atoms with Gasteiger partial charge >= 0.3 is 0 Å². The maximum atomic E-state index is 6.00. The van der Waals surface area contributed by atoms with Crippen LogP contribution in [0.1, 0.15) is 38.6 Å². The summed E-state index contributed by atoms with van der Waals surface area (Å²) < 4.78 is 5.71. The number of hydrogen-bond acceptors (Lipinski definition) is 3. The molecule has 1 heterocycles. The Labute approximate surface area is 102 Å². The third kappa shape index (κ3) is 2.60. The molecule has 0 unspecified atom stereocenters. The van der Waals surface area contributed by atoms with Crippen LogP contribution in [0.15, 0.2) is 16.5 Å². The summed E-state index contributed by atoms with van der Waals surface area (Å²) in [4.78, 5) is 4.51. The molecule has 0 atom stereocenters. The number of anilines is 1. The van der Waals surface area contributed by atoms with Crippen LogP contribution in [0.25, 0.3) is 11.1 Å². The topological polar surface area (TPSA) is 52.0 Å². The van der Waals surface area contributed by atoms with E-state index < -0.39 is 0 Å². The maximum Gasteiger partial charge on any atom is 0.195 e. The van der Waals surface area contributed by atoms with Gasteiger partial charge in [-0.1, -0.05) is 27.2 Å². The van der Waals surface area contributed by atoms with Crippen LogP contribution in [0.4, 0.5) is 5.69 Å². The minimum Gasteiger partial charge on any atom is -0.439 e. The van der Waals surface area contributed by atoms with Crippen molar-refractivity contribution in [3.8, 4) is 0 Å². The molecule has 0 amide bonds. The highest BCUT2D eigenvalue weighted by molar-refractivity contribution is 5.85. The third-order valence-electron chi connectivity index (χ3n) is 2.74. The average Bonchev–Trinajstić information content (AvgIpc) is 2.60. The molecular weight excluding hydrogens is 212 g/mol. The third-order valence-corrected chi connectivity index (χ3v) is 2.74. The number of rotatable bonds is 4. The predicted molar refractivity (Wildman–Crippen MR) is 71.0 cm³/mol. The Bertz CT molecular complexity index is 514. The normalized spacial score (nSPS) is 11.5. The minimum absolute atomic E-state index is 0.541. The minimum atomic E-state index is 0.541. The van der Waals surface area contributed by atoms with E-state index in [9.17, 15) is 0 Å². The molecular formula is C14H20N2O. The summed E-state index contributed by atoms with van der Waals surface area (Å²) >= 11 is 0. The number of nitrogens with two attached hydrogens (primary N) is 1.